The normalized spacial score (nSPS) is 16.4. The fourth-order valence-electron chi connectivity index (χ4n) is 3.17. The molecule has 7 heteroatoms. The molecule has 162 valence electrons. The van der Waals surface area contributed by atoms with Crippen molar-refractivity contribution in [2.24, 2.45) is 4.99 Å². The largest absolute Gasteiger partial charge is 0.488 e. The van der Waals surface area contributed by atoms with Crippen LogP contribution in [0.1, 0.15) is 37.0 Å². The number of hydrogen-bond donors (Lipinski definition) is 2. The Morgan fingerprint density at radius 1 is 1.23 bits per heavy atom. The Kier molecular flexibility index (Phi) is 8.32. The van der Waals surface area contributed by atoms with Gasteiger partial charge in [-0.2, -0.15) is 0 Å². The molecule has 0 spiro atoms. The molecule has 2 aromatic rings. The van der Waals surface area contributed by atoms with Crippen LogP contribution in [0.15, 0.2) is 41.5 Å². The van der Waals surface area contributed by atoms with Crippen LogP contribution in [0.2, 0.25) is 0 Å². The van der Waals surface area contributed by atoms with Crippen LogP contribution in [0.5, 0.6) is 11.6 Å². The summed E-state index contributed by atoms with van der Waals surface area (Å²) >= 11 is 0. The first-order chi connectivity index (χ1) is 14.7. The lowest BCUT2D eigenvalue weighted by molar-refractivity contribution is 0.140. The molecule has 1 aliphatic heterocycles. The van der Waals surface area contributed by atoms with E-state index in [9.17, 15) is 0 Å². The highest BCUT2D eigenvalue weighted by atomic mass is 16.5. The van der Waals surface area contributed by atoms with Crippen molar-refractivity contribution in [2.45, 2.75) is 46.4 Å². The highest BCUT2D eigenvalue weighted by Crippen LogP contribution is 2.23. The molecule has 1 fully saturated rings. The number of aromatic nitrogens is 1. The second kappa shape index (κ2) is 11.4. The molecule has 1 aromatic heterocycles. The molecule has 0 amide bonds. The lowest BCUT2D eigenvalue weighted by atomic mass is 10.1. The topological polar surface area (TPSA) is 77.0 Å². The fraction of sp³-hybridized carbons (Fsp3) is 0.478. The molecule has 2 N–H and O–H groups in total. The predicted octanol–water partition coefficient (Wildman–Crippen LogP) is 3.21. The molecule has 1 aromatic carbocycles. The molecule has 1 aliphatic rings. The Morgan fingerprint density at radius 2 is 2.13 bits per heavy atom. The molecule has 1 atom stereocenters. The zero-order valence-electron chi connectivity index (χ0n) is 18.1. The molecule has 1 unspecified atom stereocenters. The van der Waals surface area contributed by atoms with Crippen molar-refractivity contribution in [3.05, 3.63) is 53.2 Å². The number of pyridine rings is 1. The second-order valence-corrected chi connectivity index (χ2v) is 7.20. The van der Waals surface area contributed by atoms with Crippen LogP contribution in [0.4, 0.5) is 0 Å². The van der Waals surface area contributed by atoms with Gasteiger partial charge in [0.1, 0.15) is 11.9 Å². The van der Waals surface area contributed by atoms with Gasteiger partial charge in [-0.3, -0.25) is 0 Å². The van der Waals surface area contributed by atoms with E-state index < -0.39 is 0 Å². The minimum Gasteiger partial charge on any atom is -0.488 e. The van der Waals surface area contributed by atoms with Gasteiger partial charge in [-0.15, -0.1) is 0 Å². The molecule has 30 heavy (non-hydrogen) atoms. The van der Waals surface area contributed by atoms with Gasteiger partial charge in [-0.1, -0.05) is 12.1 Å². The maximum atomic E-state index is 6.20. The molecular weight excluding hydrogens is 380 g/mol. The van der Waals surface area contributed by atoms with Crippen LogP contribution in [0.3, 0.4) is 0 Å². The summed E-state index contributed by atoms with van der Waals surface area (Å²) < 4.78 is 17.1. The van der Waals surface area contributed by atoms with Crippen LogP contribution >= 0.6 is 0 Å². The summed E-state index contributed by atoms with van der Waals surface area (Å²) in [5.74, 6) is 2.29. The Labute approximate surface area is 178 Å². The number of aliphatic imine (C=N–C) groups is 1. The third-order valence-corrected chi connectivity index (χ3v) is 4.71. The van der Waals surface area contributed by atoms with E-state index in [0.29, 0.717) is 32.2 Å². The summed E-state index contributed by atoms with van der Waals surface area (Å²) in [6.45, 7) is 10.0. The Morgan fingerprint density at radius 3 is 2.90 bits per heavy atom. The smallest absolute Gasteiger partial charge is 0.213 e. The zero-order valence-corrected chi connectivity index (χ0v) is 18.1. The van der Waals surface area contributed by atoms with E-state index in [-0.39, 0.29) is 6.10 Å². The summed E-state index contributed by atoms with van der Waals surface area (Å²) in [7, 11) is 0. The Balaban J connectivity index is 1.65. The highest BCUT2D eigenvalue weighted by Gasteiger charge is 2.18. The van der Waals surface area contributed by atoms with Crippen molar-refractivity contribution < 1.29 is 14.2 Å². The van der Waals surface area contributed by atoms with Crippen LogP contribution in [-0.2, 0) is 17.8 Å². The SMILES string of the molecule is CCNC(=NCc1ccnc(OCC)c1)NCc1ccc(C)cc1OC1CCOC1. The van der Waals surface area contributed by atoms with Gasteiger partial charge in [-0.05, 0) is 44.0 Å². The number of hydrogen-bond acceptors (Lipinski definition) is 5. The molecule has 0 radical (unpaired) electrons. The number of rotatable bonds is 9. The molecular formula is C23H32N4O3. The van der Waals surface area contributed by atoms with Crippen molar-refractivity contribution in [3.63, 3.8) is 0 Å². The van der Waals surface area contributed by atoms with Crippen molar-refractivity contribution in [1.29, 1.82) is 0 Å². The first kappa shape index (κ1) is 21.9. The third kappa shape index (κ3) is 6.62. The maximum Gasteiger partial charge on any atom is 0.213 e. The van der Waals surface area contributed by atoms with Gasteiger partial charge in [0, 0.05) is 37.3 Å². The number of nitrogens with zero attached hydrogens (tertiary/aromatic N) is 2. The minimum atomic E-state index is 0.124. The van der Waals surface area contributed by atoms with E-state index >= 15 is 0 Å². The van der Waals surface area contributed by atoms with Gasteiger partial charge in [0.15, 0.2) is 5.96 Å². The summed E-state index contributed by atoms with van der Waals surface area (Å²) in [5, 5.41) is 6.71. The minimum absolute atomic E-state index is 0.124. The number of benzene rings is 1. The highest BCUT2D eigenvalue weighted by molar-refractivity contribution is 5.79. The van der Waals surface area contributed by atoms with Crippen LogP contribution in [-0.4, -0.2) is 43.4 Å². The number of nitrogens with one attached hydrogen (secondary N) is 2. The number of ether oxygens (including phenoxy) is 3. The lowest BCUT2D eigenvalue weighted by Crippen LogP contribution is -2.37. The quantitative estimate of drug-likeness (QED) is 0.487. The summed E-state index contributed by atoms with van der Waals surface area (Å²) in [6, 6.07) is 10.2. The van der Waals surface area contributed by atoms with E-state index in [1.807, 2.05) is 19.1 Å². The van der Waals surface area contributed by atoms with Gasteiger partial charge in [0.25, 0.3) is 0 Å². The molecule has 0 aliphatic carbocycles. The number of guanidine groups is 1. The van der Waals surface area contributed by atoms with E-state index in [1.165, 1.54) is 5.56 Å². The van der Waals surface area contributed by atoms with Crippen molar-refractivity contribution in [3.8, 4) is 11.6 Å². The second-order valence-electron chi connectivity index (χ2n) is 7.20. The van der Waals surface area contributed by atoms with Crippen LogP contribution in [0.25, 0.3) is 0 Å². The summed E-state index contributed by atoms with van der Waals surface area (Å²) in [5.41, 5.74) is 3.32. The monoisotopic (exact) mass is 412 g/mol. The lowest BCUT2D eigenvalue weighted by Gasteiger charge is -2.18. The first-order valence-electron chi connectivity index (χ1n) is 10.6. The van der Waals surface area contributed by atoms with E-state index in [2.05, 4.69) is 47.7 Å². The van der Waals surface area contributed by atoms with Gasteiger partial charge in [0.05, 0.1) is 26.4 Å². The number of aryl methyl sites for hydroxylation is 1. The van der Waals surface area contributed by atoms with Crippen molar-refractivity contribution in [2.75, 3.05) is 26.4 Å². The molecule has 0 bridgehead atoms. The summed E-state index contributed by atoms with van der Waals surface area (Å²) in [4.78, 5) is 8.90. The fourth-order valence-corrected chi connectivity index (χ4v) is 3.17. The zero-order chi connectivity index (χ0) is 21.2. The molecule has 2 heterocycles. The molecule has 3 rings (SSSR count). The van der Waals surface area contributed by atoms with Gasteiger partial charge in [-0.25, -0.2) is 9.98 Å². The van der Waals surface area contributed by atoms with Crippen LogP contribution < -0.4 is 20.1 Å². The van der Waals surface area contributed by atoms with Crippen molar-refractivity contribution >= 4 is 5.96 Å². The van der Waals surface area contributed by atoms with E-state index in [4.69, 9.17) is 19.2 Å². The standard InChI is InChI=1S/C23H32N4O3/c1-4-24-23(26-14-18-8-10-25-22(13-18)29-5-2)27-15-19-7-6-17(3)12-21(19)30-20-9-11-28-16-20/h6-8,10,12-13,20H,4-5,9,11,14-16H2,1-3H3,(H2,24,26,27). The molecule has 7 nitrogen and oxygen atoms in total. The Bertz CT molecular complexity index is 835. The van der Waals surface area contributed by atoms with Gasteiger partial charge < -0.3 is 24.8 Å². The van der Waals surface area contributed by atoms with E-state index in [1.54, 1.807) is 6.20 Å². The maximum absolute atomic E-state index is 6.20. The third-order valence-electron chi connectivity index (χ3n) is 4.71. The first-order valence-corrected chi connectivity index (χ1v) is 10.6. The Hall–Kier alpha value is -2.80. The van der Waals surface area contributed by atoms with E-state index in [0.717, 1.165) is 42.4 Å². The van der Waals surface area contributed by atoms with Gasteiger partial charge >= 0.3 is 0 Å². The average molecular weight is 413 g/mol. The summed E-state index contributed by atoms with van der Waals surface area (Å²) in [6.07, 6.45) is 2.80. The molecule has 1 saturated heterocycles. The van der Waals surface area contributed by atoms with Crippen molar-refractivity contribution in [1.82, 2.24) is 15.6 Å². The van der Waals surface area contributed by atoms with Crippen LogP contribution in [0, 0.1) is 6.92 Å². The average Bonchev–Trinajstić information content (AvgIpc) is 3.25. The predicted molar refractivity (Wildman–Crippen MR) is 118 cm³/mol. The van der Waals surface area contributed by atoms with Gasteiger partial charge in [0.2, 0.25) is 5.88 Å². The molecule has 0 saturated carbocycles.